The molecule has 0 spiro atoms. The molecule has 2 heterocycles. The molecule has 1 saturated heterocycles. The summed E-state index contributed by atoms with van der Waals surface area (Å²) in [6, 6.07) is 7.73. The molecule has 1 aromatic heterocycles. The van der Waals surface area contributed by atoms with Gasteiger partial charge in [0.25, 0.3) is 5.91 Å². The molecular weight excluding hydrogens is 292 g/mol. The summed E-state index contributed by atoms with van der Waals surface area (Å²) in [4.78, 5) is 14.4. The number of carbonyl (C=O) groups is 1. The van der Waals surface area contributed by atoms with Crippen molar-refractivity contribution < 1.29 is 9.90 Å². The third-order valence-corrected chi connectivity index (χ3v) is 4.38. The van der Waals surface area contributed by atoms with Gasteiger partial charge in [-0.2, -0.15) is 0 Å². The largest absolute Gasteiger partial charge is 0.391 e. The maximum absolute atomic E-state index is 12.7. The van der Waals surface area contributed by atoms with Crippen LogP contribution in [0.4, 0.5) is 0 Å². The standard InChI is InChI=1S/C17H22N4O2/c1-12-6-8-14(9-7-12)21-11-15(18-19-21)17(23)20-10-4-3-5-16(20)13(2)22/h6-9,11,13,16,22H,3-5,10H2,1-2H3. The Morgan fingerprint density at radius 2 is 2.04 bits per heavy atom. The van der Waals surface area contributed by atoms with E-state index < -0.39 is 6.10 Å². The third kappa shape index (κ3) is 3.27. The van der Waals surface area contributed by atoms with Crippen LogP contribution in [0.15, 0.2) is 30.5 Å². The summed E-state index contributed by atoms with van der Waals surface area (Å²) < 4.78 is 1.61. The van der Waals surface area contributed by atoms with Gasteiger partial charge < -0.3 is 10.0 Å². The molecule has 0 radical (unpaired) electrons. The van der Waals surface area contributed by atoms with Crippen molar-refractivity contribution in [3.05, 3.63) is 41.7 Å². The normalized spacial score (nSPS) is 19.6. The zero-order chi connectivity index (χ0) is 16.4. The number of amides is 1. The number of benzene rings is 1. The Kier molecular flexibility index (Phi) is 4.43. The molecule has 2 aromatic rings. The summed E-state index contributed by atoms with van der Waals surface area (Å²) in [6.45, 7) is 4.41. The molecular formula is C17H22N4O2. The molecule has 1 amide bonds. The molecule has 2 atom stereocenters. The third-order valence-electron chi connectivity index (χ3n) is 4.38. The first-order valence-corrected chi connectivity index (χ1v) is 8.04. The lowest BCUT2D eigenvalue weighted by atomic mass is 9.98. The quantitative estimate of drug-likeness (QED) is 0.940. The average Bonchev–Trinajstić information content (AvgIpc) is 3.04. The van der Waals surface area contributed by atoms with Crippen LogP contribution in [0.2, 0.25) is 0 Å². The van der Waals surface area contributed by atoms with Crippen LogP contribution in [-0.4, -0.2) is 49.6 Å². The van der Waals surface area contributed by atoms with Gasteiger partial charge in [0.05, 0.1) is 24.0 Å². The van der Waals surface area contributed by atoms with Crippen LogP contribution in [-0.2, 0) is 0 Å². The zero-order valence-corrected chi connectivity index (χ0v) is 13.5. The number of carbonyl (C=O) groups excluding carboxylic acids is 1. The van der Waals surface area contributed by atoms with Gasteiger partial charge in [-0.1, -0.05) is 22.9 Å². The van der Waals surface area contributed by atoms with Gasteiger partial charge in [0, 0.05) is 6.54 Å². The van der Waals surface area contributed by atoms with Gasteiger partial charge >= 0.3 is 0 Å². The number of aryl methyl sites for hydroxylation is 1. The SMILES string of the molecule is Cc1ccc(-n2cc(C(=O)N3CCCCC3C(C)O)nn2)cc1. The molecule has 0 bridgehead atoms. The van der Waals surface area contributed by atoms with Crippen LogP contribution in [0.5, 0.6) is 0 Å². The Bertz CT molecular complexity index is 678. The minimum absolute atomic E-state index is 0.138. The highest BCUT2D eigenvalue weighted by molar-refractivity contribution is 5.92. The van der Waals surface area contributed by atoms with Crippen molar-refractivity contribution in [2.45, 2.75) is 45.3 Å². The molecule has 0 saturated carbocycles. The molecule has 2 unspecified atom stereocenters. The Morgan fingerprint density at radius 1 is 1.30 bits per heavy atom. The predicted octanol–water partition coefficient (Wildman–Crippen LogP) is 1.95. The van der Waals surface area contributed by atoms with Crippen LogP contribution < -0.4 is 0 Å². The van der Waals surface area contributed by atoms with Crippen LogP contribution in [0.3, 0.4) is 0 Å². The maximum Gasteiger partial charge on any atom is 0.276 e. The minimum atomic E-state index is -0.536. The van der Waals surface area contributed by atoms with Crippen molar-refractivity contribution in [3.8, 4) is 5.69 Å². The van der Waals surface area contributed by atoms with Gasteiger partial charge in [-0.3, -0.25) is 4.79 Å². The van der Waals surface area contributed by atoms with Gasteiger partial charge in [0.15, 0.2) is 5.69 Å². The highest BCUT2D eigenvalue weighted by Gasteiger charge is 2.31. The Hall–Kier alpha value is -2.21. The second-order valence-electron chi connectivity index (χ2n) is 6.19. The second kappa shape index (κ2) is 6.50. The van der Waals surface area contributed by atoms with Crippen LogP contribution in [0.1, 0.15) is 42.2 Å². The number of aliphatic hydroxyl groups excluding tert-OH is 1. The maximum atomic E-state index is 12.7. The van der Waals surface area contributed by atoms with E-state index in [4.69, 9.17) is 0 Å². The first kappa shape index (κ1) is 15.7. The first-order valence-electron chi connectivity index (χ1n) is 8.04. The van der Waals surface area contributed by atoms with Crippen molar-refractivity contribution in [3.63, 3.8) is 0 Å². The van der Waals surface area contributed by atoms with Crippen molar-refractivity contribution in [1.82, 2.24) is 19.9 Å². The average molecular weight is 314 g/mol. The molecule has 1 N–H and O–H groups in total. The zero-order valence-electron chi connectivity index (χ0n) is 13.5. The lowest BCUT2D eigenvalue weighted by Gasteiger charge is -2.36. The summed E-state index contributed by atoms with van der Waals surface area (Å²) in [5, 5.41) is 18.0. The van der Waals surface area contributed by atoms with Crippen molar-refractivity contribution in [2.75, 3.05) is 6.54 Å². The van der Waals surface area contributed by atoms with E-state index in [1.165, 1.54) is 5.56 Å². The number of piperidine rings is 1. The monoisotopic (exact) mass is 314 g/mol. The second-order valence-corrected chi connectivity index (χ2v) is 6.19. The summed E-state index contributed by atoms with van der Waals surface area (Å²) in [7, 11) is 0. The van der Waals surface area contributed by atoms with Crippen molar-refractivity contribution in [2.24, 2.45) is 0 Å². The number of hydrogen-bond donors (Lipinski definition) is 1. The Morgan fingerprint density at radius 3 is 2.74 bits per heavy atom. The summed E-state index contributed by atoms with van der Waals surface area (Å²) >= 11 is 0. The van der Waals surface area contributed by atoms with E-state index in [9.17, 15) is 9.90 Å². The number of rotatable bonds is 3. The number of likely N-dealkylation sites (tertiary alicyclic amines) is 1. The Labute approximate surface area is 135 Å². The summed E-state index contributed by atoms with van der Waals surface area (Å²) in [5.74, 6) is -0.158. The van der Waals surface area contributed by atoms with E-state index in [0.29, 0.717) is 12.2 Å². The van der Waals surface area contributed by atoms with E-state index in [2.05, 4.69) is 10.3 Å². The topological polar surface area (TPSA) is 71.2 Å². The summed E-state index contributed by atoms with van der Waals surface area (Å²) in [5.41, 5.74) is 2.35. The van der Waals surface area contributed by atoms with Gasteiger partial charge in [-0.25, -0.2) is 4.68 Å². The molecule has 23 heavy (non-hydrogen) atoms. The molecule has 3 rings (SSSR count). The lowest BCUT2D eigenvalue weighted by Crippen LogP contribution is -2.49. The highest BCUT2D eigenvalue weighted by Crippen LogP contribution is 2.21. The minimum Gasteiger partial charge on any atom is -0.391 e. The van der Waals surface area contributed by atoms with Gasteiger partial charge in [0.1, 0.15) is 0 Å². The molecule has 1 fully saturated rings. The van der Waals surface area contributed by atoms with Crippen molar-refractivity contribution in [1.29, 1.82) is 0 Å². The van der Waals surface area contributed by atoms with E-state index in [1.54, 1.807) is 22.7 Å². The van der Waals surface area contributed by atoms with Crippen LogP contribution >= 0.6 is 0 Å². The molecule has 1 aliphatic heterocycles. The van der Waals surface area contributed by atoms with Crippen LogP contribution in [0, 0.1) is 6.92 Å². The fourth-order valence-corrected chi connectivity index (χ4v) is 3.04. The molecule has 6 heteroatoms. The van der Waals surface area contributed by atoms with E-state index in [1.807, 2.05) is 31.2 Å². The molecule has 6 nitrogen and oxygen atoms in total. The van der Waals surface area contributed by atoms with Crippen molar-refractivity contribution >= 4 is 5.91 Å². The number of aliphatic hydroxyl groups is 1. The van der Waals surface area contributed by atoms with E-state index in [0.717, 1.165) is 24.9 Å². The Balaban J connectivity index is 1.81. The van der Waals surface area contributed by atoms with Gasteiger partial charge in [-0.15, -0.1) is 5.10 Å². The van der Waals surface area contributed by atoms with Crippen LogP contribution in [0.25, 0.3) is 5.69 Å². The summed E-state index contributed by atoms with van der Waals surface area (Å²) in [6.07, 6.45) is 3.94. The van der Waals surface area contributed by atoms with Gasteiger partial charge in [-0.05, 0) is 45.2 Å². The smallest absolute Gasteiger partial charge is 0.276 e. The molecule has 0 aliphatic carbocycles. The molecule has 1 aliphatic rings. The number of hydrogen-bond acceptors (Lipinski definition) is 4. The fourth-order valence-electron chi connectivity index (χ4n) is 3.04. The predicted molar refractivity (Wildman–Crippen MR) is 86.5 cm³/mol. The molecule has 122 valence electrons. The van der Waals surface area contributed by atoms with E-state index >= 15 is 0 Å². The number of aromatic nitrogens is 3. The number of nitrogens with zero attached hydrogens (tertiary/aromatic N) is 4. The highest BCUT2D eigenvalue weighted by atomic mass is 16.3. The fraction of sp³-hybridized carbons (Fsp3) is 0.471. The molecule has 1 aromatic carbocycles. The first-order chi connectivity index (χ1) is 11.1. The lowest BCUT2D eigenvalue weighted by molar-refractivity contribution is 0.0276. The van der Waals surface area contributed by atoms with E-state index in [-0.39, 0.29) is 11.9 Å². The van der Waals surface area contributed by atoms with Gasteiger partial charge in [0.2, 0.25) is 0 Å².